The summed E-state index contributed by atoms with van der Waals surface area (Å²) in [5, 5.41) is 4.17. The predicted molar refractivity (Wildman–Crippen MR) is 170 cm³/mol. The van der Waals surface area contributed by atoms with E-state index in [2.05, 4.69) is 37.9 Å². The molecule has 3 aromatic rings. The molecule has 0 spiro atoms. The van der Waals surface area contributed by atoms with Crippen molar-refractivity contribution in [1.29, 1.82) is 0 Å². The summed E-state index contributed by atoms with van der Waals surface area (Å²) in [7, 11) is 0. The highest BCUT2D eigenvalue weighted by Crippen LogP contribution is 2.44. The summed E-state index contributed by atoms with van der Waals surface area (Å²) in [5.41, 5.74) is 4.56. The van der Waals surface area contributed by atoms with Crippen LogP contribution in [0.5, 0.6) is 0 Å². The van der Waals surface area contributed by atoms with E-state index in [4.69, 9.17) is 14.5 Å². The lowest BCUT2D eigenvalue weighted by atomic mass is 9.72. The molecule has 3 heterocycles. The normalized spacial score (nSPS) is 17.6. The summed E-state index contributed by atoms with van der Waals surface area (Å²) in [5.74, 6) is -0.926. The second-order valence-electron chi connectivity index (χ2n) is 12.6. The Balaban J connectivity index is 1.43. The van der Waals surface area contributed by atoms with Crippen LogP contribution in [0.15, 0.2) is 24.3 Å². The van der Waals surface area contributed by atoms with E-state index in [-0.39, 0.29) is 18.4 Å². The monoisotopic (exact) mass is 605 g/mol. The molecule has 0 saturated heterocycles. The van der Waals surface area contributed by atoms with Gasteiger partial charge in [0.05, 0.1) is 23.3 Å². The summed E-state index contributed by atoms with van der Waals surface area (Å²) in [4.78, 5) is 48.9. The van der Waals surface area contributed by atoms with Crippen molar-refractivity contribution >= 4 is 45.1 Å². The van der Waals surface area contributed by atoms with Crippen LogP contribution in [-0.4, -0.2) is 53.5 Å². The Kier molecular flexibility index (Phi) is 9.23. The number of nitrogens with one attached hydrogen (secondary N) is 1. The predicted octanol–water partition coefficient (Wildman–Crippen LogP) is 6.58. The maximum Gasteiger partial charge on any atom is 0.341 e. The van der Waals surface area contributed by atoms with E-state index in [0.717, 1.165) is 71.4 Å². The smallest absolute Gasteiger partial charge is 0.341 e. The largest absolute Gasteiger partial charge is 0.462 e. The molecule has 2 aromatic heterocycles. The van der Waals surface area contributed by atoms with Gasteiger partial charge in [0.2, 0.25) is 0 Å². The molecule has 9 heteroatoms. The van der Waals surface area contributed by atoms with Gasteiger partial charge in [-0.3, -0.25) is 14.7 Å². The van der Waals surface area contributed by atoms with Gasteiger partial charge in [-0.05, 0) is 62.1 Å². The number of aromatic nitrogens is 1. The van der Waals surface area contributed by atoms with Crippen LogP contribution in [0, 0.1) is 11.3 Å². The number of nitrogens with zero attached hydrogens (tertiary/aromatic N) is 2. The van der Waals surface area contributed by atoms with Crippen molar-refractivity contribution < 1.29 is 23.9 Å². The number of pyridine rings is 1. The molecular formula is C34H43N3O5S. The fraction of sp³-hybridized carbons (Fsp3) is 0.529. The molecule has 0 saturated carbocycles. The van der Waals surface area contributed by atoms with Crippen LogP contribution in [0.2, 0.25) is 0 Å². The van der Waals surface area contributed by atoms with Crippen LogP contribution in [0.3, 0.4) is 0 Å². The average molecular weight is 606 g/mol. The minimum absolute atomic E-state index is 0.140. The minimum atomic E-state index is -1.03. The Bertz CT molecular complexity index is 1540. The van der Waals surface area contributed by atoms with Crippen molar-refractivity contribution in [3.8, 4) is 0 Å². The number of benzene rings is 1. The van der Waals surface area contributed by atoms with Crippen molar-refractivity contribution in [2.45, 2.75) is 86.3 Å². The first-order valence-electron chi connectivity index (χ1n) is 15.5. The maximum absolute atomic E-state index is 13.9. The number of hydrogen-bond acceptors (Lipinski definition) is 8. The first-order chi connectivity index (χ1) is 20.5. The van der Waals surface area contributed by atoms with Crippen LogP contribution < -0.4 is 5.32 Å². The third kappa shape index (κ3) is 6.34. The molecule has 1 aliphatic heterocycles. The molecule has 2 aliphatic rings. The number of likely N-dealkylation sites (N-methyl/N-ethyl adjacent to an activating group) is 1. The number of thiophene rings is 1. The highest BCUT2D eigenvalue weighted by molar-refractivity contribution is 7.17. The Hall–Kier alpha value is -3.30. The summed E-state index contributed by atoms with van der Waals surface area (Å²) in [6.45, 7) is 15.0. The number of anilines is 1. The van der Waals surface area contributed by atoms with Gasteiger partial charge in [0.1, 0.15) is 5.00 Å². The zero-order valence-electron chi connectivity index (χ0n) is 26.2. The Morgan fingerprint density at radius 1 is 1.07 bits per heavy atom. The molecule has 8 nitrogen and oxygen atoms in total. The fourth-order valence-electron chi connectivity index (χ4n) is 6.28. The second-order valence-corrected chi connectivity index (χ2v) is 13.7. The molecular weight excluding hydrogens is 562 g/mol. The molecule has 1 amide bonds. The molecule has 5 rings (SSSR count). The van der Waals surface area contributed by atoms with Gasteiger partial charge in [-0.2, -0.15) is 0 Å². The van der Waals surface area contributed by atoms with Gasteiger partial charge >= 0.3 is 11.9 Å². The third-order valence-corrected chi connectivity index (χ3v) is 10.1. The van der Waals surface area contributed by atoms with Crippen molar-refractivity contribution in [2.75, 3.05) is 25.0 Å². The van der Waals surface area contributed by atoms with Crippen LogP contribution in [-0.2, 0) is 40.1 Å². The molecule has 0 radical (unpaired) electrons. The SMILES string of the molecule is CCOC(=O)c1c(NC(=O)C(CC)OC(=O)c2c3c(nc4ccccc24)CCN(CC)C3)sc2c1CCC(C(C)(C)C)C2. The number of carbonyl (C=O) groups is 3. The topological polar surface area (TPSA) is 97.8 Å². The molecule has 43 heavy (non-hydrogen) atoms. The van der Waals surface area contributed by atoms with Crippen molar-refractivity contribution in [1.82, 2.24) is 9.88 Å². The van der Waals surface area contributed by atoms with E-state index < -0.39 is 23.9 Å². The first kappa shape index (κ1) is 31.1. The van der Waals surface area contributed by atoms with Crippen LogP contribution in [0.1, 0.15) is 96.8 Å². The van der Waals surface area contributed by atoms with Gasteiger partial charge in [0.15, 0.2) is 6.10 Å². The van der Waals surface area contributed by atoms with Gasteiger partial charge in [-0.1, -0.05) is 52.8 Å². The highest BCUT2D eigenvalue weighted by Gasteiger charge is 2.36. The fourth-order valence-corrected chi connectivity index (χ4v) is 7.60. The molecule has 0 bridgehead atoms. The number of ether oxygens (including phenoxy) is 2. The summed E-state index contributed by atoms with van der Waals surface area (Å²) in [6, 6.07) is 7.59. The van der Waals surface area contributed by atoms with Gasteiger partial charge < -0.3 is 14.8 Å². The number of para-hydroxylation sites is 1. The number of esters is 2. The first-order valence-corrected chi connectivity index (χ1v) is 16.3. The zero-order valence-corrected chi connectivity index (χ0v) is 27.0. The van der Waals surface area contributed by atoms with Crippen molar-refractivity contribution in [2.24, 2.45) is 11.3 Å². The maximum atomic E-state index is 13.9. The molecule has 1 N–H and O–H groups in total. The number of hydrogen-bond donors (Lipinski definition) is 1. The quantitative estimate of drug-likeness (QED) is 0.290. The Labute approximate surface area is 258 Å². The van der Waals surface area contributed by atoms with E-state index >= 15 is 0 Å². The second kappa shape index (κ2) is 12.7. The van der Waals surface area contributed by atoms with E-state index in [1.165, 1.54) is 11.3 Å². The zero-order chi connectivity index (χ0) is 30.9. The van der Waals surface area contributed by atoms with Crippen molar-refractivity contribution in [3.63, 3.8) is 0 Å². The standard InChI is InChI=1S/C34H43N3O5S/c1-7-26(42-33(40)28-21-12-10-11-13-24(21)35-25-16-17-37(8-2)19-23(25)28)30(38)36-31-29(32(39)41-9-3)22-15-14-20(34(4,5)6)18-27(22)43-31/h10-13,20,26H,7-9,14-19H2,1-6H3,(H,36,38). The van der Waals surface area contributed by atoms with E-state index in [9.17, 15) is 14.4 Å². The Morgan fingerprint density at radius 3 is 2.53 bits per heavy atom. The molecule has 2 atom stereocenters. The molecule has 230 valence electrons. The minimum Gasteiger partial charge on any atom is -0.462 e. The Morgan fingerprint density at radius 2 is 1.84 bits per heavy atom. The van der Waals surface area contributed by atoms with Gasteiger partial charge in [0.25, 0.3) is 5.91 Å². The summed E-state index contributed by atoms with van der Waals surface area (Å²) >= 11 is 1.44. The number of carbonyl (C=O) groups excluding carboxylic acids is 3. The van der Waals surface area contributed by atoms with E-state index in [1.54, 1.807) is 6.92 Å². The number of fused-ring (bicyclic) bond motifs is 3. The third-order valence-electron chi connectivity index (χ3n) is 8.90. The van der Waals surface area contributed by atoms with Gasteiger partial charge in [0, 0.05) is 41.0 Å². The highest BCUT2D eigenvalue weighted by atomic mass is 32.1. The lowest BCUT2D eigenvalue weighted by Gasteiger charge is -2.33. The summed E-state index contributed by atoms with van der Waals surface area (Å²) < 4.78 is 11.4. The molecule has 1 aromatic carbocycles. The summed E-state index contributed by atoms with van der Waals surface area (Å²) in [6.07, 6.45) is 2.60. The number of rotatable bonds is 8. The molecule has 2 unspecified atom stereocenters. The van der Waals surface area contributed by atoms with Gasteiger partial charge in [-0.25, -0.2) is 9.59 Å². The van der Waals surface area contributed by atoms with Crippen LogP contribution in [0.25, 0.3) is 10.9 Å². The molecule has 0 fully saturated rings. The number of amides is 1. The van der Waals surface area contributed by atoms with Crippen molar-refractivity contribution in [3.05, 3.63) is 57.1 Å². The lowest BCUT2D eigenvalue weighted by Crippen LogP contribution is -2.35. The van der Waals surface area contributed by atoms with Gasteiger partial charge in [-0.15, -0.1) is 11.3 Å². The lowest BCUT2D eigenvalue weighted by molar-refractivity contribution is -0.124. The molecule has 1 aliphatic carbocycles. The van der Waals surface area contributed by atoms with E-state index in [0.29, 0.717) is 28.6 Å². The average Bonchev–Trinajstić information content (AvgIpc) is 3.34. The van der Waals surface area contributed by atoms with Crippen LogP contribution >= 0.6 is 11.3 Å². The van der Waals surface area contributed by atoms with E-state index in [1.807, 2.05) is 31.2 Å². The van der Waals surface area contributed by atoms with Crippen LogP contribution in [0.4, 0.5) is 5.00 Å².